The molecular formula is C25H18N6O3S4. The Bertz CT molecular complexity index is 1620. The van der Waals surface area contributed by atoms with Crippen molar-refractivity contribution in [2.75, 3.05) is 5.32 Å². The number of nitrogens with one attached hydrogen (secondary N) is 1. The fourth-order valence-electron chi connectivity index (χ4n) is 3.23. The molecule has 0 unspecified atom stereocenters. The van der Waals surface area contributed by atoms with E-state index in [9.17, 15) is 14.9 Å². The molecule has 13 heteroatoms. The molecule has 0 bridgehead atoms. The van der Waals surface area contributed by atoms with Crippen molar-refractivity contribution in [2.24, 2.45) is 4.99 Å². The molecule has 0 saturated carbocycles. The Balaban J connectivity index is 1.29. The van der Waals surface area contributed by atoms with Crippen LogP contribution in [0.2, 0.25) is 0 Å². The largest absolute Gasteiger partial charge is 0.301 e. The fourth-order valence-corrected chi connectivity index (χ4v) is 6.87. The molecule has 0 spiro atoms. The average Bonchev–Trinajstić information content (AvgIpc) is 3.57. The smallest absolute Gasteiger partial charge is 0.283 e. The van der Waals surface area contributed by atoms with E-state index in [2.05, 4.69) is 25.3 Å². The number of benzene rings is 2. The predicted molar refractivity (Wildman–Crippen MR) is 154 cm³/mol. The van der Waals surface area contributed by atoms with Crippen molar-refractivity contribution in [3.63, 3.8) is 0 Å². The van der Waals surface area contributed by atoms with Gasteiger partial charge in [-0.25, -0.2) is 15.0 Å². The molecule has 0 radical (unpaired) electrons. The molecule has 0 aliphatic rings. The quantitative estimate of drug-likeness (QED) is 0.0852. The first-order valence-corrected chi connectivity index (χ1v) is 14.5. The van der Waals surface area contributed by atoms with Gasteiger partial charge in [-0.05, 0) is 48.9 Å². The second kappa shape index (κ2) is 11.8. The van der Waals surface area contributed by atoms with Crippen LogP contribution in [-0.4, -0.2) is 37.2 Å². The van der Waals surface area contributed by atoms with Gasteiger partial charge in [-0.3, -0.25) is 19.9 Å². The molecule has 1 N–H and O–H groups in total. The van der Waals surface area contributed by atoms with E-state index in [0.717, 1.165) is 14.6 Å². The number of nitro groups is 1. The summed E-state index contributed by atoms with van der Waals surface area (Å²) in [4.78, 5) is 41.7. The summed E-state index contributed by atoms with van der Waals surface area (Å²) >= 11 is 5.48. The Morgan fingerprint density at radius 2 is 2.05 bits per heavy atom. The predicted octanol–water partition coefficient (Wildman–Crippen LogP) is 7.08. The minimum atomic E-state index is -0.399. The summed E-state index contributed by atoms with van der Waals surface area (Å²) in [6.45, 7) is 1.83. The normalized spacial score (nSPS) is 12.1. The lowest BCUT2D eigenvalue weighted by molar-refractivity contribution is -0.387. The standard InChI is InChI=1S/C25H18N6O3S4/c1-15(23(32)30-24-27-10-11-35-24)36-25-29-18-7-6-17(13-21(18)38-25)28-14-16-5-8-20(19(12-16)31(33)34)37-22-4-2-3-9-26-22/h2-15H,1H3,(H,27,30,32)/t15-/m1/s1. The van der Waals surface area contributed by atoms with Gasteiger partial charge in [0.2, 0.25) is 5.91 Å². The van der Waals surface area contributed by atoms with E-state index in [0.29, 0.717) is 26.3 Å². The number of thioether (sulfide) groups is 1. The second-order valence-electron chi connectivity index (χ2n) is 7.73. The number of carbonyl (C=O) groups is 1. The van der Waals surface area contributed by atoms with Gasteiger partial charge in [-0.2, -0.15) is 0 Å². The van der Waals surface area contributed by atoms with Crippen molar-refractivity contribution in [1.29, 1.82) is 0 Å². The van der Waals surface area contributed by atoms with Crippen molar-refractivity contribution < 1.29 is 9.72 Å². The first kappa shape index (κ1) is 26.0. The van der Waals surface area contributed by atoms with Crippen LogP contribution in [0.15, 0.2) is 91.6 Å². The minimum Gasteiger partial charge on any atom is -0.301 e. The number of rotatable bonds is 9. The van der Waals surface area contributed by atoms with Crippen LogP contribution < -0.4 is 5.32 Å². The Morgan fingerprint density at radius 1 is 1.16 bits per heavy atom. The Morgan fingerprint density at radius 3 is 2.82 bits per heavy atom. The number of hydrogen-bond donors (Lipinski definition) is 1. The summed E-state index contributed by atoms with van der Waals surface area (Å²) in [5.74, 6) is -0.131. The fraction of sp³-hybridized carbons (Fsp3) is 0.0800. The zero-order chi connectivity index (χ0) is 26.5. The van der Waals surface area contributed by atoms with Crippen LogP contribution in [0.1, 0.15) is 12.5 Å². The number of anilines is 1. The highest BCUT2D eigenvalue weighted by atomic mass is 32.2. The summed E-state index contributed by atoms with van der Waals surface area (Å²) in [7, 11) is 0. The molecule has 3 heterocycles. The van der Waals surface area contributed by atoms with E-state index in [1.165, 1.54) is 52.3 Å². The van der Waals surface area contributed by atoms with Gasteiger partial charge < -0.3 is 5.32 Å². The Labute approximate surface area is 233 Å². The molecule has 190 valence electrons. The maximum atomic E-state index is 12.4. The van der Waals surface area contributed by atoms with Gasteiger partial charge in [0.1, 0.15) is 5.03 Å². The van der Waals surface area contributed by atoms with Crippen LogP contribution in [0.5, 0.6) is 0 Å². The minimum absolute atomic E-state index is 0.00260. The van der Waals surface area contributed by atoms with Crippen LogP contribution in [0, 0.1) is 10.1 Å². The van der Waals surface area contributed by atoms with Crippen LogP contribution in [0.25, 0.3) is 10.2 Å². The number of nitrogens with zero attached hydrogens (tertiary/aromatic N) is 5. The number of amides is 1. The van der Waals surface area contributed by atoms with Crippen molar-refractivity contribution in [3.05, 3.63) is 88.0 Å². The third-order valence-electron chi connectivity index (χ3n) is 5.06. The molecule has 3 aromatic heterocycles. The Kier molecular flexibility index (Phi) is 8.08. The lowest BCUT2D eigenvalue weighted by Gasteiger charge is -2.07. The number of thiazole rings is 2. The molecular weight excluding hydrogens is 561 g/mol. The summed E-state index contributed by atoms with van der Waals surface area (Å²) < 4.78 is 1.71. The van der Waals surface area contributed by atoms with Crippen LogP contribution in [0.3, 0.4) is 0 Å². The maximum absolute atomic E-state index is 12.4. The van der Waals surface area contributed by atoms with Gasteiger partial charge in [0, 0.05) is 30.1 Å². The maximum Gasteiger partial charge on any atom is 0.283 e. The number of pyridine rings is 1. The van der Waals surface area contributed by atoms with Crippen LogP contribution in [0.4, 0.5) is 16.5 Å². The summed E-state index contributed by atoms with van der Waals surface area (Å²) in [5.41, 5.74) is 2.12. The topological polar surface area (TPSA) is 123 Å². The van der Waals surface area contributed by atoms with Gasteiger partial charge in [0.05, 0.1) is 31.0 Å². The molecule has 0 saturated heterocycles. The first-order valence-electron chi connectivity index (χ1n) is 11.1. The molecule has 0 fully saturated rings. The van der Waals surface area contributed by atoms with E-state index in [1.807, 2.05) is 31.2 Å². The summed E-state index contributed by atoms with van der Waals surface area (Å²) in [6, 6.07) is 16.1. The number of carbonyl (C=O) groups excluding carboxylic acids is 1. The highest BCUT2D eigenvalue weighted by molar-refractivity contribution is 8.02. The van der Waals surface area contributed by atoms with Crippen molar-refractivity contribution in [3.8, 4) is 0 Å². The van der Waals surface area contributed by atoms with E-state index in [-0.39, 0.29) is 16.8 Å². The Hall–Kier alpha value is -3.65. The first-order chi connectivity index (χ1) is 18.4. The second-order valence-corrected chi connectivity index (χ2v) is 12.3. The zero-order valence-corrected chi connectivity index (χ0v) is 22.9. The van der Waals surface area contributed by atoms with Gasteiger partial charge >= 0.3 is 0 Å². The van der Waals surface area contributed by atoms with Gasteiger partial charge in [0.15, 0.2) is 9.47 Å². The SMILES string of the molecule is C[C@@H](Sc1nc2ccc(N=Cc3ccc(Sc4ccccn4)c([N+](=O)[O-])c3)cc2s1)C(=O)Nc1nccs1. The molecule has 5 rings (SSSR count). The molecule has 1 atom stereocenters. The number of aliphatic imine (C=N–C) groups is 1. The van der Waals surface area contributed by atoms with Gasteiger partial charge in [-0.15, -0.1) is 22.7 Å². The number of nitro benzene ring substituents is 1. The van der Waals surface area contributed by atoms with E-state index in [1.54, 1.807) is 48.3 Å². The van der Waals surface area contributed by atoms with E-state index < -0.39 is 4.92 Å². The highest BCUT2D eigenvalue weighted by Gasteiger charge is 2.18. The van der Waals surface area contributed by atoms with Crippen LogP contribution >= 0.6 is 46.2 Å². The molecule has 0 aliphatic carbocycles. The molecule has 9 nitrogen and oxygen atoms in total. The summed E-state index contributed by atoms with van der Waals surface area (Å²) in [6.07, 6.45) is 4.90. The van der Waals surface area contributed by atoms with E-state index >= 15 is 0 Å². The number of hydrogen-bond acceptors (Lipinski definition) is 11. The number of aromatic nitrogens is 3. The molecule has 38 heavy (non-hydrogen) atoms. The number of fused-ring (bicyclic) bond motifs is 1. The third kappa shape index (κ3) is 6.42. The zero-order valence-electron chi connectivity index (χ0n) is 19.7. The molecule has 1 amide bonds. The highest BCUT2D eigenvalue weighted by Crippen LogP contribution is 2.35. The van der Waals surface area contributed by atoms with E-state index in [4.69, 9.17) is 0 Å². The van der Waals surface area contributed by atoms with Gasteiger partial charge in [0.25, 0.3) is 5.69 Å². The lowest BCUT2D eigenvalue weighted by Crippen LogP contribution is -2.22. The summed E-state index contributed by atoms with van der Waals surface area (Å²) in [5, 5.41) is 17.2. The van der Waals surface area contributed by atoms with Crippen molar-refractivity contribution in [2.45, 2.75) is 26.4 Å². The molecule has 2 aromatic carbocycles. The van der Waals surface area contributed by atoms with Crippen LogP contribution in [-0.2, 0) is 4.79 Å². The van der Waals surface area contributed by atoms with Gasteiger partial charge in [-0.1, -0.05) is 35.7 Å². The molecule has 5 aromatic rings. The monoisotopic (exact) mass is 578 g/mol. The van der Waals surface area contributed by atoms with Crippen molar-refractivity contribution in [1.82, 2.24) is 15.0 Å². The third-order valence-corrected chi connectivity index (χ3v) is 8.97. The molecule has 0 aliphatic heterocycles. The average molecular weight is 579 g/mol. The lowest BCUT2D eigenvalue weighted by atomic mass is 10.2. The van der Waals surface area contributed by atoms with Crippen molar-refractivity contribution >= 4 is 85.0 Å².